The minimum atomic E-state index is 0.410. The molecule has 3 N–H and O–H groups in total. The number of nitrogens with one attached hydrogen (secondary N) is 1. The molecule has 0 fully saturated rings. The Bertz CT molecular complexity index is 791. The molecule has 0 atom stereocenters. The van der Waals surface area contributed by atoms with Gasteiger partial charge in [0.1, 0.15) is 10.8 Å². The van der Waals surface area contributed by atoms with E-state index in [1.54, 1.807) is 4.57 Å². The van der Waals surface area contributed by atoms with E-state index in [9.17, 15) is 0 Å². The third-order valence-electron chi connectivity index (χ3n) is 2.82. The molecule has 1 aromatic carbocycles. The van der Waals surface area contributed by atoms with Crippen LogP contribution in [0.15, 0.2) is 35.4 Å². The van der Waals surface area contributed by atoms with E-state index >= 15 is 0 Å². The topological polar surface area (TPSA) is 72.5 Å². The molecule has 3 rings (SSSR count). The molecule has 0 aliphatic heterocycles. The first-order valence-electron chi connectivity index (χ1n) is 5.58. The Hall–Kier alpha value is -1.86. The number of hydrogen-bond acceptors (Lipinski definition) is 5. The fourth-order valence-electron chi connectivity index (χ4n) is 1.96. The van der Waals surface area contributed by atoms with Gasteiger partial charge in [0.25, 0.3) is 0 Å². The summed E-state index contributed by atoms with van der Waals surface area (Å²) < 4.78 is 2.17. The van der Waals surface area contributed by atoms with Crippen LogP contribution in [-0.2, 0) is 0 Å². The molecule has 96 valence electrons. The lowest BCUT2D eigenvalue weighted by Crippen LogP contribution is -2.07. The molecule has 19 heavy (non-hydrogen) atoms. The molecule has 0 saturated carbocycles. The zero-order valence-corrected chi connectivity index (χ0v) is 11.8. The number of nitrogens with zero attached hydrogens (tertiary/aromatic N) is 3. The second kappa shape index (κ2) is 4.67. The molecule has 2 aromatic heterocycles. The van der Waals surface area contributed by atoms with E-state index in [1.165, 1.54) is 11.8 Å². The van der Waals surface area contributed by atoms with Crippen LogP contribution in [0.4, 0.5) is 5.82 Å². The highest BCUT2D eigenvalue weighted by atomic mass is 32.2. The van der Waals surface area contributed by atoms with E-state index in [0.29, 0.717) is 16.2 Å². The van der Waals surface area contributed by atoms with Crippen molar-refractivity contribution in [1.82, 2.24) is 19.7 Å². The van der Waals surface area contributed by atoms with Crippen molar-refractivity contribution in [3.8, 4) is 5.69 Å². The zero-order valence-electron chi connectivity index (χ0n) is 10.1. The molecule has 3 aromatic rings. The van der Waals surface area contributed by atoms with Gasteiger partial charge in [-0.3, -0.25) is 9.67 Å². The second-order valence-corrected chi connectivity index (χ2v) is 5.07. The average Bonchev–Trinajstić information content (AvgIpc) is 2.83. The molecular formula is C12H11N5S2. The van der Waals surface area contributed by atoms with Crippen molar-refractivity contribution in [1.29, 1.82) is 0 Å². The van der Waals surface area contributed by atoms with Gasteiger partial charge >= 0.3 is 0 Å². The van der Waals surface area contributed by atoms with Gasteiger partial charge in [-0.15, -0.1) is 11.8 Å². The number of H-pyrrole nitrogens is 1. The largest absolute Gasteiger partial charge is 0.384 e. The number of aromatic nitrogens is 4. The predicted molar refractivity (Wildman–Crippen MR) is 80.2 cm³/mol. The van der Waals surface area contributed by atoms with Crippen LogP contribution in [0.25, 0.3) is 16.7 Å². The standard InChI is InChI=1S/C12H11N5S2/c1-19-11-8-9(13)17(7-5-3-2-4-6-7)12(18)14-10(8)15-16-11/h2-6H,13H2,1H3,(H,14,15,18). The lowest BCUT2D eigenvalue weighted by Gasteiger charge is -2.11. The van der Waals surface area contributed by atoms with Gasteiger partial charge in [-0.2, -0.15) is 10.1 Å². The smallest absolute Gasteiger partial charge is 0.207 e. The summed E-state index contributed by atoms with van der Waals surface area (Å²) in [5.41, 5.74) is 7.78. The minimum absolute atomic E-state index is 0.410. The van der Waals surface area contributed by atoms with E-state index < -0.39 is 0 Å². The Morgan fingerprint density at radius 1 is 1.32 bits per heavy atom. The summed E-state index contributed by atoms with van der Waals surface area (Å²) >= 11 is 6.83. The highest BCUT2D eigenvalue weighted by molar-refractivity contribution is 7.98. The summed E-state index contributed by atoms with van der Waals surface area (Å²) in [6.07, 6.45) is 1.95. The predicted octanol–water partition coefficient (Wildman–Crippen LogP) is 2.78. The van der Waals surface area contributed by atoms with Crippen LogP contribution in [0, 0.1) is 4.77 Å². The molecule has 0 bridgehead atoms. The Balaban J connectivity index is 2.40. The Labute approximate surface area is 118 Å². The molecule has 0 aliphatic carbocycles. The van der Waals surface area contributed by atoms with E-state index in [1.807, 2.05) is 36.6 Å². The normalized spacial score (nSPS) is 11.0. The number of benzene rings is 1. The van der Waals surface area contributed by atoms with E-state index in [0.717, 1.165) is 16.1 Å². The number of thioether (sulfide) groups is 1. The Morgan fingerprint density at radius 3 is 2.74 bits per heavy atom. The highest BCUT2D eigenvalue weighted by Crippen LogP contribution is 2.29. The number of hydrogen-bond donors (Lipinski definition) is 2. The van der Waals surface area contributed by atoms with Crippen LogP contribution in [0.3, 0.4) is 0 Å². The minimum Gasteiger partial charge on any atom is -0.384 e. The maximum atomic E-state index is 6.26. The Morgan fingerprint density at radius 2 is 2.05 bits per heavy atom. The summed E-state index contributed by atoms with van der Waals surface area (Å²) in [4.78, 5) is 4.35. The summed E-state index contributed by atoms with van der Waals surface area (Å²) in [5.74, 6) is 0.555. The van der Waals surface area contributed by atoms with Crippen LogP contribution in [0.1, 0.15) is 0 Å². The second-order valence-electron chi connectivity index (χ2n) is 3.91. The molecule has 7 heteroatoms. The molecular weight excluding hydrogens is 278 g/mol. The number of aromatic amines is 1. The fraction of sp³-hybridized carbons (Fsp3) is 0.0833. The third-order valence-corrected chi connectivity index (χ3v) is 3.77. The zero-order chi connectivity index (χ0) is 13.4. The van der Waals surface area contributed by atoms with Crippen molar-refractivity contribution in [2.75, 3.05) is 12.0 Å². The van der Waals surface area contributed by atoms with Gasteiger partial charge in [-0.05, 0) is 30.6 Å². The van der Waals surface area contributed by atoms with Crippen LogP contribution in [-0.4, -0.2) is 26.0 Å². The van der Waals surface area contributed by atoms with Gasteiger partial charge in [0.2, 0.25) is 4.77 Å². The van der Waals surface area contributed by atoms with Gasteiger partial charge in [-0.25, -0.2) is 0 Å². The molecule has 2 heterocycles. The van der Waals surface area contributed by atoms with Crippen LogP contribution in [0.2, 0.25) is 0 Å². The molecule has 0 amide bonds. The lowest BCUT2D eigenvalue weighted by atomic mass is 10.3. The van der Waals surface area contributed by atoms with E-state index in [2.05, 4.69) is 15.2 Å². The number of fused-ring (bicyclic) bond motifs is 1. The van der Waals surface area contributed by atoms with Gasteiger partial charge in [-0.1, -0.05) is 18.2 Å². The maximum absolute atomic E-state index is 6.26. The number of rotatable bonds is 2. The average molecular weight is 289 g/mol. The number of nitrogen functional groups attached to an aromatic ring is 1. The van der Waals surface area contributed by atoms with E-state index in [-0.39, 0.29) is 0 Å². The van der Waals surface area contributed by atoms with Crippen molar-refractivity contribution in [3.05, 3.63) is 35.1 Å². The number of anilines is 1. The van der Waals surface area contributed by atoms with Gasteiger partial charge in [0.05, 0.1) is 5.39 Å². The SMILES string of the molecule is CSc1n[nH]c2nc(=S)n(-c3ccccc3)c(N)c12. The molecule has 0 radical (unpaired) electrons. The quantitative estimate of drug-likeness (QED) is 0.560. The maximum Gasteiger partial charge on any atom is 0.207 e. The summed E-state index contributed by atoms with van der Waals surface area (Å²) in [6, 6.07) is 9.70. The summed E-state index contributed by atoms with van der Waals surface area (Å²) in [6.45, 7) is 0. The summed E-state index contributed by atoms with van der Waals surface area (Å²) in [7, 11) is 0. The van der Waals surface area contributed by atoms with Crippen LogP contribution < -0.4 is 5.73 Å². The van der Waals surface area contributed by atoms with E-state index in [4.69, 9.17) is 18.0 Å². The van der Waals surface area contributed by atoms with Gasteiger partial charge in [0, 0.05) is 5.69 Å². The molecule has 5 nitrogen and oxygen atoms in total. The lowest BCUT2D eigenvalue weighted by molar-refractivity contribution is 0.982. The van der Waals surface area contributed by atoms with Crippen molar-refractivity contribution in [2.45, 2.75) is 5.03 Å². The fourth-order valence-corrected chi connectivity index (χ4v) is 2.80. The van der Waals surface area contributed by atoms with Gasteiger partial charge < -0.3 is 5.73 Å². The van der Waals surface area contributed by atoms with Gasteiger partial charge in [0.15, 0.2) is 5.65 Å². The number of para-hydroxylation sites is 1. The third kappa shape index (κ3) is 1.91. The molecule has 0 aliphatic rings. The molecule has 0 spiro atoms. The van der Waals surface area contributed by atoms with Crippen molar-refractivity contribution in [2.24, 2.45) is 0 Å². The van der Waals surface area contributed by atoms with Crippen molar-refractivity contribution in [3.63, 3.8) is 0 Å². The first kappa shape index (κ1) is 12.2. The van der Waals surface area contributed by atoms with Crippen molar-refractivity contribution >= 4 is 40.8 Å². The summed E-state index contributed by atoms with van der Waals surface area (Å²) in [5, 5.41) is 8.67. The molecule has 0 saturated heterocycles. The van der Waals surface area contributed by atoms with Crippen LogP contribution in [0.5, 0.6) is 0 Å². The highest BCUT2D eigenvalue weighted by Gasteiger charge is 2.14. The molecule has 0 unspecified atom stereocenters. The first-order valence-corrected chi connectivity index (χ1v) is 7.21. The Kier molecular flexibility index (Phi) is 3.00. The van der Waals surface area contributed by atoms with Crippen molar-refractivity contribution < 1.29 is 0 Å². The van der Waals surface area contributed by atoms with Crippen LogP contribution >= 0.6 is 24.0 Å². The first-order chi connectivity index (χ1) is 9.22. The number of nitrogens with two attached hydrogens (primary N) is 1. The monoisotopic (exact) mass is 289 g/mol.